The molecule has 0 radical (unpaired) electrons. The minimum absolute atomic E-state index is 0.138. The molecule has 1 aliphatic heterocycles. The lowest BCUT2D eigenvalue weighted by atomic mass is 9.98. The summed E-state index contributed by atoms with van der Waals surface area (Å²) in [4.78, 5) is 13.0. The van der Waals surface area contributed by atoms with Gasteiger partial charge in [0.2, 0.25) is 15.9 Å². The Morgan fingerprint density at radius 1 is 1.21 bits per heavy atom. The molecular formula is C23H29N5O5S. The number of nitrogens with one attached hydrogen (secondary N) is 1. The number of sulfonamides is 1. The van der Waals surface area contributed by atoms with Crippen LogP contribution in [0, 0.1) is 5.92 Å². The summed E-state index contributed by atoms with van der Waals surface area (Å²) in [6.07, 6.45) is 1.25. The van der Waals surface area contributed by atoms with E-state index in [-0.39, 0.29) is 17.3 Å². The predicted octanol–water partition coefficient (Wildman–Crippen LogP) is 1.80. The van der Waals surface area contributed by atoms with Crippen molar-refractivity contribution in [1.82, 2.24) is 24.6 Å². The van der Waals surface area contributed by atoms with Crippen LogP contribution in [-0.2, 0) is 32.6 Å². The molecule has 182 valence electrons. The number of piperidine rings is 1. The minimum atomic E-state index is -3.77. The Bertz CT molecular complexity index is 1260. The molecule has 1 N–H and O–H groups in total. The second kappa shape index (κ2) is 10.5. The van der Waals surface area contributed by atoms with Gasteiger partial charge in [0.15, 0.2) is 0 Å². The Morgan fingerprint density at radius 2 is 2.03 bits per heavy atom. The summed E-state index contributed by atoms with van der Waals surface area (Å²) < 4.78 is 40.2. The molecule has 0 bridgehead atoms. The lowest BCUT2D eigenvalue weighted by Gasteiger charge is -2.31. The Kier molecular flexibility index (Phi) is 7.44. The molecule has 1 saturated heterocycles. The van der Waals surface area contributed by atoms with Gasteiger partial charge in [0.1, 0.15) is 11.3 Å². The van der Waals surface area contributed by atoms with Crippen molar-refractivity contribution in [3.63, 3.8) is 0 Å². The summed E-state index contributed by atoms with van der Waals surface area (Å²) >= 11 is 0. The molecule has 10 nitrogen and oxygen atoms in total. The highest BCUT2D eigenvalue weighted by Gasteiger charge is 2.33. The van der Waals surface area contributed by atoms with Crippen molar-refractivity contribution in [3.05, 3.63) is 48.0 Å². The molecule has 0 spiro atoms. The van der Waals surface area contributed by atoms with E-state index in [1.165, 1.54) is 10.4 Å². The second-order valence-electron chi connectivity index (χ2n) is 8.19. The maximum atomic E-state index is 13.3. The molecule has 0 saturated carbocycles. The highest BCUT2D eigenvalue weighted by Crippen LogP contribution is 2.26. The summed E-state index contributed by atoms with van der Waals surface area (Å²) in [5.74, 6) is 0.115. The molecule has 3 aromatic rings. The number of hydrogen-bond donors (Lipinski definition) is 1. The van der Waals surface area contributed by atoms with E-state index in [0.29, 0.717) is 50.3 Å². The van der Waals surface area contributed by atoms with Crippen LogP contribution in [0.1, 0.15) is 18.4 Å². The standard InChI is InChI=1S/C23H29N5O5S/c1-32-13-12-28-21-10-9-19(14-20(21)25-26-28)34(30,31)27-11-5-7-18(16-27)23(29)24-15-17-6-3-4-8-22(17)33-2/h3-4,6,8-10,14,18H,5,7,11-13,15-16H2,1-2H3,(H,24,29)/t18-/m1/s1. The van der Waals surface area contributed by atoms with Gasteiger partial charge in [0.25, 0.3) is 0 Å². The molecular weight excluding hydrogens is 458 g/mol. The number of nitrogens with zero attached hydrogens (tertiary/aromatic N) is 4. The fraction of sp³-hybridized carbons (Fsp3) is 0.435. The number of carbonyl (C=O) groups is 1. The number of rotatable bonds is 9. The van der Waals surface area contributed by atoms with Crippen molar-refractivity contribution < 1.29 is 22.7 Å². The van der Waals surface area contributed by atoms with Gasteiger partial charge < -0.3 is 14.8 Å². The zero-order valence-corrected chi connectivity index (χ0v) is 20.1. The van der Waals surface area contributed by atoms with Gasteiger partial charge in [-0.1, -0.05) is 23.4 Å². The molecule has 1 atom stereocenters. The SMILES string of the molecule is COCCn1nnc2cc(S(=O)(=O)N3CCC[C@@H](C(=O)NCc4ccccc4OC)C3)ccc21. The normalized spacial score (nSPS) is 17.1. The first-order valence-electron chi connectivity index (χ1n) is 11.2. The molecule has 1 fully saturated rings. The summed E-state index contributed by atoms with van der Waals surface area (Å²) in [5.41, 5.74) is 2.11. The fourth-order valence-electron chi connectivity index (χ4n) is 4.15. The van der Waals surface area contributed by atoms with Crippen molar-refractivity contribution in [3.8, 4) is 5.75 Å². The number of fused-ring (bicyclic) bond motifs is 1. The van der Waals surface area contributed by atoms with Gasteiger partial charge in [-0.25, -0.2) is 13.1 Å². The van der Waals surface area contributed by atoms with Crippen LogP contribution in [0.5, 0.6) is 5.75 Å². The third-order valence-electron chi connectivity index (χ3n) is 6.03. The van der Waals surface area contributed by atoms with Crippen molar-refractivity contribution in [2.45, 2.75) is 30.8 Å². The van der Waals surface area contributed by atoms with Crippen LogP contribution in [0.3, 0.4) is 0 Å². The van der Waals surface area contributed by atoms with E-state index in [1.54, 1.807) is 31.0 Å². The largest absolute Gasteiger partial charge is 0.496 e. The summed E-state index contributed by atoms with van der Waals surface area (Å²) in [7, 11) is -0.583. The first kappa shape index (κ1) is 24.1. The maximum absolute atomic E-state index is 13.3. The third-order valence-corrected chi connectivity index (χ3v) is 7.89. The topological polar surface area (TPSA) is 116 Å². The summed E-state index contributed by atoms with van der Waals surface area (Å²) in [5, 5.41) is 11.1. The Morgan fingerprint density at radius 3 is 2.82 bits per heavy atom. The quantitative estimate of drug-likeness (QED) is 0.489. The third kappa shape index (κ3) is 5.06. The average Bonchev–Trinajstić information content (AvgIpc) is 3.28. The highest BCUT2D eigenvalue weighted by molar-refractivity contribution is 7.89. The summed E-state index contributed by atoms with van der Waals surface area (Å²) in [6.45, 7) is 1.83. The number of aromatic nitrogens is 3. The molecule has 1 amide bonds. The molecule has 2 heterocycles. The lowest BCUT2D eigenvalue weighted by molar-refractivity contribution is -0.126. The molecule has 34 heavy (non-hydrogen) atoms. The Balaban J connectivity index is 1.44. The van der Waals surface area contributed by atoms with E-state index in [9.17, 15) is 13.2 Å². The van der Waals surface area contributed by atoms with Gasteiger partial charge in [-0.3, -0.25) is 4.79 Å². The van der Waals surface area contributed by atoms with Gasteiger partial charge in [-0.2, -0.15) is 4.31 Å². The van der Waals surface area contributed by atoms with Gasteiger partial charge in [-0.05, 0) is 37.1 Å². The Labute approximate surface area is 198 Å². The van der Waals surface area contributed by atoms with Crippen LogP contribution in [0.2, 0.25) is 0 Å². The zero-order chi connectivity index (χ0) is 24.1. The van der Waals surface area contributed by atoms with Crippen LogP contribution in [0.15, 0.2) is 47.4 Å². The monoisotopic (exact) mass is 487 g/mol. The Hall–Kier alpha value is -3.02. The highest BCUT2D eigenvalue weighted by atomic mass is 32.2. The fourth-order valence-corrected chi connectivity index (χ4v) is 5.70. The minimum Gasteiger partial charge on any atom is -0.496 e. The van der Waals surface area contributed by atoms with Crippen molar-refractivity contribution in [2.24, 2.45) is 5.92 Å². The lowest BCUT2D eigenvalue weighted by Crippen LogP contribution is -2.45. The average molecular weight is 488 g/mol. The molecule has 0 aliphatic carbocycles. The van der Waals surface area contributed by atoms with Gasteiger partial charge in [0, 0.05) is 32.3 Å². The number of amides is 1. The molecule has 1 aromatic heterocycles. The van der Waals surface area contributed by atoms with E-state index in [2.05, 4.69) is 15.6 Å². The number of methoxy groups -OCH3 is 2. The van der Waals surface area contributed by atoms with Crippen LogP contribution >= 0.6 is 0 Å². The van der Waals surface area contributed by atoms with E-state index < -0.39 is 15.9 Å². The zero-order valence-electron chi connectivity index (χ0n) is 19.3. The molecule has 11 heteroatoms. The van der Waals surface area contributed by atoms with Crippen molar-refractivity contribution in [2.75, 3.05) is 33.9 Å². The molecule has 2 aromatic carbocycles. The van der Waals surface area contributed by atoms with Gasteiger partial charge in [0.05, 0.1) is 36.6 Å². The molecule has 0 unspecified atom stereocenters. The van der Waals surface area contributed by atoms with E-state index in [4.69, 9.17) is 9.47 Å². The van der Waals surface area contributed by atoms with Crippen LogP contribution < -0.4 is 10.1 Å². The summed E-state index contributed by atoms with van der Waals surface area (Å²) in [6, 6.07) is 12.3. The second-order valence-corrected chi connectivity index (χ2v) is 10.1. The van der Waals surface area contributed by atoms with E-state index >= 15 is 0 Å². The maximum Gasteiger partial charge on any atom is 0.243 e. The number of benzene rings is 2. The number of carbonyl (C=O) groups excluding carboxylic acids is 1. The smallest absolute Gasteiger partial charge is 0.243 e. The number of ether oxygens (including phenoxy) is 2. The van der Waals surface area contributed by atoms with Crippen LogP contribution in [-0.4, -0.2) is 67.5 Å². The predicted molar refractivity (Wildman–Crippen MR) is 126 cm³/mol. The van der Waals surface area contributed by atoms with Crippen LogP contribution in [0.25, 0.3) is 11.0 Å². The van der Waals surface area contributed by atoms with Crippen LogP contribution in [0.4, 0.5) is 0 Å². The van der Waals surface area contributed by atoms with E-state index in [0.717, 1.165) is 11.1 Å². The van der Waals surface area contributed by atoms with E-state index in [1.807, 2.05) is 24.3 Å². The molecule has 1 aliphatic rings. The van der Waals surface area contributed by atoms with Gasteiger partial charge in [-0.15, -0.1) is 5.10 Å². The molecule has 4 rings (SSSR count). The van der Waals surface area contributed by atoms with Crippen molar-refractivity contribution >= 4 is 27.0 Å². The van der Waals surface area contributed by atoms with Gasteiger partial charge >= 0.3 is 0 Å². The number of hydrogen-bond acceptors (Lipinski definition) is 7. The number of para-hydroxylation sites is 1. The first-order chi connectivity index (χ1) is 16.4. The first-order valence-corrected chi connectivity index (χ1v) is 12.6. The van der Waals surface area contributed by atoms with Crippen molar-refractivity contribution in [1.29, 1.82) is 0 Å².